The maximum Gasteiger partial charge on any atom is 0.231 e. The number of likely N-dealkylation sites (tertiary alicyclic amines) is 1. The molecule has 0 spiro atoms. The van der Waals surface area contributed by atoms with Crippen molar-refractivity contribution in [3.05, 3.63) is 53.1 Å². The van der Waals surface area contributed by atoms with Gasteiger partial charge in [-0.05, 0) is 55.1 Å². The Hall–Kier alpha value is -2.34. The molecule has 0 amide bonds. The van der Waals surface area contributed by atoms with E-state index in [1.165, 1.54) is 0 Å². The maximum absolute atomic E-state index is 9.59. The highest BCUT2D eigenvalue weighted by molar-refractivity contribution is 6.30. The summed E-state index contributed by atoms with van der Waals surface area (Å²) in [7, 11) is 0. The quantitative estimate of drug-likeness (QED) is 0.686. The van der Waals surface area contributed by atoms with Crippen LogP contribution in [0.15, 0.2) is 42.5 Å². The first kappa shape index (κ1) is 18.7. The summed E-state index contributed by atoms with van der Waals surface area (Å²) in [5, 5.41) is 11.3. The summed E-state index contributed by atoms with van der Waals surface area (Å²) in [6, 6.07) is 14.0. The molecule has 2 aromatic carbocycles. The molecule has 29 heavy (non-hydrogen) atoms. The van der Waals surface area contributed by atoms with Gasteiger partial charge < -0.3 is 14.6 Å². The number of hydrogen-bond donors (Lipinski definition) is 1. The third-order valence-corrected chi connectivity index (χ3v) is 6.01. The molecular weight excluding hydrogens is 388 g/mol. The van der Waals surface area contributed by atoms with Gasteiger partial charge in [-0.1, -0.05) is 23.7 Å². The molecule has 3 aromatic rings. The van der Waals surface area contributed by atoms with Crippen molar-refractivity contribution in [2.24, 2.45) is 5.92 Å². The number of fused-ring (bicyclic) bond motifs is 2. The number of rotatable bonds is 4. The van der Waals surface area contributed by atoms with E-state index in [2.05, 4.69) is 11.0 Å². The molecule has 5 nitrogen and oxygen atoms in total. The molecule has 0 saturated carbocycles. The van der Waals surface area contributed by atoms with Crippen LogP contribution in [0.1, 0.15) is 18.4 Å². The van der Waals surface area contributed by atoms with Crippen LogP contribution >= 0.6 is 11.6 Å². The fourth-order valence-corrected chi connectivity index (χ4v) is 4.40. The molecule has 1 atom stereocenters. The normalized spacial score (nSPS) is 19.0. The zero-order valence-electron chi connectivity index (χ0n) is 16.1. The molecule has 1 aromatic heterocycles. The van der Waals surface area contributed by atoms with Crippen LogP contribution in [-0.2, 0) is 6.54 Å². The van der Waals surface area contributed by atoms with Crippen molar-refractivity contribution in [2.75, 3.05) is 26.5 Å². The van der Waals surface area contributed by atoms with Gasteiger partial charge in [0.1, 0.15) is 0 Å². The van der Waals surface area contributed by atoms with Gasteiger partial charge in [-0.2, -0.15) is 0 Å². The highest BCUT2D eigenvalue weighted by Crippen LogP contribution is 2.37. The minimum atomic E-state index is 0.249. The first-order chi connectivity index (χ1) is 14.2. The van der Waals surface area contributed by atoms with E-state index in [0.29, 0.717) is 10.9 Å². The molecule has 0 radical (unpaired) electrons. The standard InChI is InChI=1S/C23H23ClN2O3/c24-19-5-3-16(4-6-19)23-18(12-26-7-1-2-15(11-26)13-27)8-17-9-21-22(29-14-28-21)10-20(17)25-23/h3-6,8-10,15,27H,1-2,7,11-14H2/t15-/m1/s1. The molecule has 150 valence electrons. The van der Waals surface area contributed by atoms with Gasteiger partial charge in [0, 0.05) is 41.7 Å². The number of pyridine rings is 1. The van der Waals surface area contributed by atoms with Crippen LogP contribution < -0.4 is 9.47 Å². The highest BCUT2D eigenvalue weighted by Gasteiger charge is 2.22. The summed E-state index contributed by atoms with van der Waals surface area (Å²) < 4.78 is 11.1. The van der Waals surface area contributed by atoms with Crippen molar-refractivity contribution in [2.45, 2.75) is 19.4 Å². The van der Waals surface area contributed by atoms with Crippen molar-refractivity contribution in [3.63, 3.8) is 0 Å². The molecule has 3 heterocycles. The van der Waals surface area contributed by atoms with Crippen LogP contribution in [0.2, 0.25) is 5.02 Å². The molecule has 0 unspecified atom stereocenters. The minimum absolute atomic E-state index is 0.249. The summed E-state index contributed by atoms with van der Waals surface area (Å²) in [4.78, 5) is 7.42. The predicted octanol–water partition coefficient (Wildman–Crippen LogP) is 4.49. The molecule has 1 fully saturated rings. The third kappa shape index (κ3) is 3.78. The lowest BCUT2D eigenvalue weighted by Gasteiger charge is -2.32. The van der Waals surface area contributed by atoms with Crippen molar-refractivity contribution in [1.82, 2.24) is 9.88 Å². The van der Waals surface area contributed by atoms with E-state index in [9.17, 15) is 5.11 Å². The molecule has 5 rings (SSSR count). The maximum atomic E-state index is 9.59. The second kappa shape index (κ2) is 7.82. The Bertz CT molecular complexity index is 1040. The van der Waals surface area contributed by atoms with E-state index in [-0.39, 0.29) is 13.4 Å². The number of piperidine rings is 1. The van der Waals surface area contributed by atoms with E-state index in [4.69, 9.17) is 26.1 Å². The molecule has 1 saturated heterocycles. The van der Waals surface area contributed by atoms with Crippen LogP contribution in [0.5, 0.6) is 11.5 Å². The van der Waals surface area contributed by atoms with Crippen LogP contribution in [-0.4, -0.2) is 41.5 Å². The summed E-state index contributed by atoms with van der Waals surface area (Å²) in [6.07, 6.45) is 2.21. The summed E-state index contributed by atoms with van der Waals surface area (Å²) in [6.45, 7) is 3.25. The molecule has 0 bridgehead atoms. The number of aromatic nitrogens is 1. The number of aliphatic hydroxyl groups excluding tert-OH is 1. The second-order valence-electron chi connectivity index (χ2n) is 7.83. The van der Waals surface area contributed by atoms with E-state index < -0.39 is 0 Å². The molecule has 1 N–H and O–H groups in total. The number of aliphatic hydroxyl groups is 1. The van der Waals surface area contributed by atoms with Crippen molar-refractivity contribution < 1.29 is 14.6 Å². The lowest BCUT2D eigenvalue weighted by Crippen LogP contribution is -2.36. The Labute approximate surface area is 174 Å². The number of nitrogens with zero attached hydrogens (tertiary/aromatic N) is 2. The largest absolute Gasteiger partial charge is 0.454 e. The lowest BCUT2D eigenvalue weighted by molar-refractivity contribution is 0.116. The first-order valence-corrected chi connectivity index (χ1v) is 10.4. The van der Waals surface area contributed by atoms with Gasteiger partial charge in [-0.15, -0.1) is 0 Å². The number of ether oxygens (including phenoxy) is 2. The number of hydrogen-bond acceptors (Lipinski definition) is 5. The fraction of sp³-hybridized carbons (Fsp3) is 0.348. The van der Waals surface area contributed by atoms with Crippen LogP contribution in [0, 0.1) is 5.92 Å². The minimum Gasteiger partial charge on any atom is -0.454 e. The van der Waals surface area contributed by atoms with Gasteiger partial charge in [0.2, 0.25) is 6.79 Å². The SMILES string of the molecule is OC[C@@H]1CCCN(Cc2cc3cc4c(cc3nc2-c2ccc(Cl)cc2)OCO4)C1. The average molecular weight is 411 g/mol. The van der Waals surface area contributed by atoms with Gasteiger partial charge in [-0.3, -0.25) is 4.90 Å². The summed E-state index contributed by atoms with van der Waals surface area (Å²) in [5.74, 6) is 1.86. The summed E-state index contributed by atoms with van der Waals surface area (Å²) >= 11 is 6.10. The van der Waals surface area contributed by atoms with E-state index in [0.717, 1.165) is 71.7 Å². The van der Waals surface area contributed by atoms with Gasteiger partial charge in [0.15, 0.2) is 11.5 Å². The smallest absolute Gasteiger partial charge is 0.231 e. The molecule has 6 heteroatoms. The zero-order chi connectivity index (χ0) is 19.8. The number of benzene rings is 2. The Balaban J connectivity index is 1.58. The Kier molecular flexibility index (Phi) is 5.04. The van der Waals surface area contributed by atoms with Crippen LogP contribution in [0.4, 0.5) is 0 Å². The molecule has 2 aliphatic rings. The van der Waals surface area contributed by atoms with Crippen molar-refractivity contribution in [1.29, 1.82) is 0 Å². The van der Waals surface area contributed by atoms with E-state index in [1.54, 1.807) is 0 Å². The fourth-order valence-electron chi connectivity index (χ4n) is 4.27. The monoisotopic (exact) mass is 410 g/mol. The molecule has 0 aliphatic carbocycles. The third-order valence-electron chi connectivity index (χ3n) is 5.76. The van der Waals surface area contributed by atoms with Gasteiger partial charge in [0.05, 0.1) is 11.2 Å². The van der Waals surface area contributed by atoms with Gasteiger partial charge in [-0.25, -0.2) is 4.98 Å². The van der Waals surface area contributed by atoms with Crippen LogP contribution in [0.25, 0.3) is 22.2 Å². The Morgan fingerprint density at radius 3 is 2.69 bits per heavy atom. The molecular formula is C23H23ClN2O3. The predicted molar refractivity (Wildman–Crippen MR) is 113 cm³/mol. The highest BCUT2D eigenvalue weighted by atomic mass is 35.5. The van der Waals surface area contributed by atoms with Crippen molar-refractivity contribution in [3.8, 4) is 22.8 Å². The van der Waals surface area contributed by atoms with Crippen LogP contribution in [0.3, 0.4) is 0 Å². The van der Waals surface area contributed by atoms with E-state index in [1.807, 2.05) is 36.4 Å². The number of halogens is 1. The first-order valence-electron chi connectivity index (χ1n) is 10.0. The lowest BCUT2D eigenvalue weighted by atomic mass is 9.97. The van der Waals surface area contributed by atoms with Gasteiger partial charge >= 0.3 is 0 Å². The zero-order valence-corrected chi connectivity index (χ0v) is 16.9. The topological polar surface area (TPSA) is 54.8 Å². The second-order valence-corrected chi connectivity index (χ2v) is 8.26. The Morgan fingerprint density at radius 1 is 1.10 bits per heavy atom. The summed E-state index contributed by atoms with van der Waals surface area (Å²) in [5.41, 5.74) is 4.05. The molecule has 2 aliphatic heterocycles. The van der Waals surface area contributed by atoms with E-state index >= 15 is 0 Å². The van der Waals surface area contributed by atoms with Crippen molar-refractivity contribution >= 4 is 22.5 Å². The van der Waals surface area contributed by atoms with Gasteiger partial charge in [0.25, 0.3) is 0 Å². The average Bonchev–Trinajstić information content (AvgIpc) is 3.20. The Morgan fingerprint density at radius 2 is 1.90 bits per heavy atom.